The third-order valence-electron chi connectivity index (χ3n) is 2.85. The highest BCUT2D eigenvalue weighted by atomic mass is 16.5. The van der Waals surface area contributed by atoms with Crippen molar-refractivity contribution in [1.82, 2.24) is 4.98 Å². The Bertz CT molecular complexity index is 680. The molecule has 0 atom stereocenters. The molecule has 1 amide bonds. The largest absolute Gasteiger partial charge is 0.450 e. The minimum atomic E-state index is -0.576. The molecule has 22 heavy (non-hydrogen) atoms. The van der Waals surface area contributed by atoms with Gasteiger partial charge in [0.25, 0.3) is 0 Å². The maximum Gasteiger partial charge on any atom is 0.411 e. The van der Waals surface area contributed by atoms with E-state index in [4.69, 9.17) is 4.74 Å². The Morgan fingerprint density at radius 1 is 1.36 bits per heavy atom. The van der Waals surface area contributed by atoms with Crippen molar-refractivity contribution < 1.29 is 9.53 Å². The average Bonchev–Trinajstić information content (AvgIpc) is 2.55. The number of carbonyl (C=O) groups is 1. The lowest BCUT2D eigenvalue weighted by Gasteiger charge is -2.10. The van der Waals surface area contributed by atoms with Crippen LogP contribution in [0.1, 0.15) is 18.2 Å². The van der Waals surface area contributed by atoms with Gasteiger partial charge in [-0.3, -0.25) is 10.3 Å². The van der Waals surface area contributed by atoms with Gasteiger partial charge in [0.1, 0.15) is 6.07 Å². The number of nitriles is 1. The molecule has 0 saturated carbocycles. The van der Waals surface area contributed by atoms with E-state index in [2.05, 4.69) is 21.7 Å². The Kier molecular flexibility index (Phi) is 5.32. The molecule has 0 aliphatic carbocycles. The topological polar surface area (TPSA) is 87.0 Å². The second-order valence-electron chi connectivity index (χ2n) is 4.39. The number of amides is 1. The Labute approximate surface area is 128 Å². The van der Waals surface area contributed by atoms with Crippen LogP contribution in [0.5, 0.6) is 0 Å². The van der Waals surface area contributed by atoms with Crippen LogP contribution in [0.25, 0.3) is 0 Å². The molecule has 0 aliphatic rings. The highest BCUT2D eigenvalue weighted by Crippen LogP contribution is 2.20. The maximum absolute atomic E-state index is 11.4. The van der Waals surface area contributed by atoms with E-state index in [-0.39, 0.29) is 6.61 Å². The fourth-order valence-corrected chi connectivity index (χ4v) is 1.83. The first kappa shape index (κ1) is 15.3. The molecule has 0 unspecified atom stereocenters. The molecule has 0 aliphatic heterocycles. The van der Waals surface area contributed by atoms with Gasteiger partial charge in [0.15, 0.2) is 0 Å². The summed E-state index contributed by atoms with van der Waals surface area (Å²) < 4.78 is 4.80. The summed E-state index contributed by atoms with van der Waals surface area (Å²) in [4.78, 5) is 15.6. The van der Waals surface area contributed by atoms with Gasteiger partial charge in [-0.15, -0.1) is 0 Å². The summed E-state index contributed by atoms with van der Waals surface area (Å²) in [5.74, 6) is 0. The van der Waals surface area contributed by atoms with Gasteiger partial charge in [0.05, 0.1) is 30.1 Å². The molecule has 2 N–H and O–H groups in total. The predicted molar refractivity (Wildman–Crippen MR) is 83.4 cm³/mol. The molecule has 0 bridgehead atoms. The summed E-state index contributed by atoms with van der Waals surface area (Å²) in [5.41, 5.74) is 2.45. The van der Waals surface area contributed by atoms with Gasteiger partial charge < -0.3 is 10.1 Å². The molecule has 6 heteroatoms. The van der Waals surface area contributed by atoms with Crippen molar-refractivity contribution in [2.24, 2.45) is 0 Å². The lowest BCUT2D eigenvalue weighted by atomic mass is 10.1. The van der Waals surface area contributed by atoms with Crippen LogP contribution in [0.3, 0.4) is 0 Å². The Hall–Kier alpha value is -3.07. The van der Waals surface area contributed by atoms with Crippen molar-refractivity contribution in [2.75, 3.05) is 17.2 Å². The zero-order valence-corrected chi connectivity index (χ0v) is 12.2. The number of hydrogen-bond acceptors (Lipinski definition) is 5. The zero-order valence-electron chi connectivity index (χ0n) is 12.2. The lowest BCUT2D eigenvalue weighted by molar-refractivity contribution is 0.168. The van der Waals surface area contributed by atoms with Gasteiger partial charge in [-0.25, -0.2) is 4.79 Å². The van der Waals surface area contributed by atoms with E-state index in [9.17, 15) is 10.1 Å². The molecule has 112 valence electrons. The fraction of sp³-hybridized carbons (Fsp3) is 0.188. The second-order valence-corrected chi connectivity index (χ2v) is 4.39. The molecule has 2 aromatic rings. The summed E-state index contributed by atoms with van der Waals surface area (Å²) in [5, 5.41) is 14.9. The van der Waals surface area contributed by atoms with E-state index in [0.717, 1.165) is 11.4 Å². The molecular weight excluding hydrogens is 280 g/mol. The van der Waals surface area contributed by atoms with Gasteiger partial charge in [0, 0.05) is 11.9 Å². The average molecular weight is 296 g/mol. The molecule has 0 saturated heterocycles. The van der Waals surface area contributed by atoms with Crippen LogP contribution in [0, 0.1) is 11.3 Å². The number of anilines is 2. The second kappa shape index (κ2) is 7.64. The summed E-state index contributed by atoms with van der Waals surface area (Å²) in [7, 11) is 0. The highest BCUT2D eigenvalue weighted by molar-refractivity contribution is 5.87. The minimum Gasteiger partial charge on any atom is -0.450 e. The molecule has 1 aromatic heterocycles. The number of ether oxygens (including phenoxy) is 1. The van der Waals surface area contributed by atoms with Crippen molar-refractivity contribution >= 4 is 17.5 Å². The number of carbonyl (C=O) groups excluding carboxylic acids is 1. The van der Waals surface area contributed by atoms with Gasteiger partial charge in [-0.2, -0.15) is 5.26 Å². The first-order chi connectivity index (χ1) is 10.7. The van der Waals surface area contributed by atoms with E-state index in [0.29, 0.717) is 17.8 Å². The van der Waals surface area contributed by atoms with Crippen LogP contribution in [-0.4, -0.2) is 17.7 Å². The Balaban J connectivity index is 2.05. The molecule has 0 spiro atoms. The highest BCUT2D eigenvalue weighted by Gasteiger charge is 2.08. The molecule has 2 rings (SSSR count). The maximum atomic E-state index is 11.4. The van der Waals surface area contributed by atoms with Crippen LogP contribution in [-0.2, 0) is 11.3 Å². The number of hydrogen-bond donors (Lipinski definition) is 2. The van der Waals surface area contributed by atoms with Crippen molar-refractivity contribution in [3.63, 3.8) is 0 Å². The monoisotopic (exact) mass is 296 g/mol. The Morgan fingerprint density at radius 2 is 2.23 bits per heavy atom. The standard InChI is InChI=1S/C16H16N4O2/c1-2-22-16(21)20-15-7-6-13(9-12(15)10-17)19-11-14-5-3-4-8-18-14/h3-9,19H,2,11H2,1H3,(H,20,21). The summed E-state index contributed by atoms with van der Waals surface area (Å²) in [6, 6.07) is 12.9. The van der Waals surface area contributed by atoms with Crippen LogP contribution in [0.2, 0.25) is 0 Å². The van der Waals surface area contributed by atoms with Crippen LogP contribution in [0.4, 0.5) is 16.2 Å². The molecule has 0 fully saturated rings. The van der Waals surface area contributed by atoms with Crippen molar-refractivity contribution in [3.05, 3.63) is 53.9 Å². The quantitative estimate of drug-likeness (QED) is 0.885. The SMILES string of the molecule is CCOC(=O)Nc1ccc(NCc2ccccn2)cc1C#N. The summed E-state index contributed by atoms with van der Waals surface area (Å²) in [6.07, 6.45) is 1.15. The molecule has 1 heterocycles. The normalized spacial score (nSPS) is 9.64. The van der Waals surface area contributed by atoms with Gasteiger partial charge in [0.2, 0.25) is 0 Å². The Morgan fingerprint density at radius 3 is 2.91 bits per heavy atom. The predicted octanol–water partition coefficient (Wildman–Crippen LogP) is 3.13. The third-order valence-corrected chi connectivity index (χ3v) is 2.85. The lowest BCUT2D eigenvalue weighted by Crippen LogP contribution is -2.14. The van der Waals surface area contributed by atoms with Crippen LogP contribution < -0.4 is 10.6 Å². The van der Waals surface area contributed by atoms with Gasteiger partial charge in [-0.1, -0.05) is 6.07 Å². The summed E-state index contributed by atoms with van der Waals surface area (Å²) >= 11 is 0. The van der Waals surface area contributed by atoms with Crippen molar-refractivity contribution in [2.45, 2.75) is 13.5 Å². The zero-order chi connectivity index (χ0) is 15.8. The van der Waals surface area contributed by atoms with Gasteiger partial charge in [-0.05, 0) is 37.3 Å². The van der Waals surface area contributed by atoms with Gasteiger partial charge >= 0.3 is 6.09 Å². The summed E-state index contributed by atoms with van der Waals surface area (Å²) in [6.45, 7) is 2.54. The number of pyridine rings is 1. The van der Waals surface area contributed by atoms with E-state index in [1.54, 1.807) is 31.3 Å². The van der Waals surface area contributed by atoms with Crippen LogP contribution in [0.15, 0.2) is 42.6 Å². The van der Waals surface area contributed by atoms with E-state index in [1.165, 1.54) is 0 Å². The molecule has 1 aromatic carbocycles. The fourth-order valence-electron chi connectivity index (χ4n) is 1.83. The smallest absolute Gasteiger partial charge is 0.411 e. The number of nitrogens with zero attached hydrogens (tertiary/aromatic N) is 2. The number of benzene rings is 1. The van der Waals surface area contributed by atoms with E-state index >= 15 is 0 Å². The molecular formula is C16H16N4O2. The van der Waals surface area contributed by atoms with E-state index in [1.807, 2.05) is 18.2 Å². The molecule has 6 nitrogen and oxygen atoms in total. The first-order valence-corrected chi connectivity index (χ1v) is 6.84. The third kappa shape index (κ3) is 4.21. The number of aromatic nitrogens is 1. The van der Waals surface area contributed by atoms with Crippen molar-refractivity contribution in [3.8, 4) is 6.07 Å². The molecule has 0 radical (unpaired) electrons. The van der Waals surface area contributed by atoms with Crippen LogP contribution >= 0.6 is 0 Å². The van der Waals surface area contributed by atoms with Crippen molar-refractivity contribution in [1.29, 1.82) is 5.26 Å². The minimum absolute atomic E-state index is 0.275. The first-order valence-electron chi connectivity index (χ1n) is 6.84. The number of nitrogens with one attached hydrogen (secondary N) is 2. The number of rotatable bonds is 5. The van der Waals surface area contributed by atoms with E-state index < -0.39 is 6.09 Å².